The fourth-order valence-corrected chi connectivity index (χ4v) is 6.85. The van der Waals surface area contributed by atoms with Gasteiger partial charge < -0.3 is 29.2 Å². The second-order valence-corrected chi connectivity index (χ2v) is 10.5. The van der Waals surface area contributed by atoms with Crippen LogP contribution in [0.3, 0.4) is 0 Å². The number of carbonyl (C=O) groups is 3. The summed E-state index contributed by atoms with van der Waals surface area (Å²) in [6, 6.07) is 0. The van der Waals surface area contributed by atoms with Crippen LogP contribution in [0.1, 0.15) is 40.5 Å². The van der Waals surface area contributed by atoms with Gasteiger partial charge in [0.1, 0.15) is 24.4 Å². The molecule has 4 aliphatic rings. The van der Waals surface area contributed by atoms with E-state index < -0.39 is 82.8 Å². The highest BCUT2D eigenvalue weighted by Gasteiger charge is 2.74. The van der Waals surface area contributed by atoms with Crippen LogP contribution in [0, 0.1) is 17.3 Å². The second kappa shape index (κ2) is 8.33. The molecule has 1 saturated carbocycles. The maximum Gasteiger partial charge on any atom is 0.312 e. The van der Waals surface area contributed by atoms with Crippen LogP contribution in [0.2, 0.25) is 0 Å². The van der Waals surface area contributed by atoms with Gasteiger partial charge in [-0.3, -0.25) is 14.4 Å². The molecular weight excluding hydrogens is 468 g/mol. The molecular formula is C24H31ClO9. The van der Waals surface area contributed by atoms with Gasteiger partial charge in [0, 0.05) is 25.2 Å². The van der Waals surface area contributed by atoms with Crippen molar-refractivity contribution in [3.05, 3.63) is 24.3 Å². The molecule has 0 aromatic heterocycles. The van der Waals surface area contributed by atoms with Crippen LogP contribution in [0.4, 0.5) is 0 Å². The number of aliphatic hydroxyl groups excluding tert-OH is 2. The number of rotatable bonds is 2. The molecule has 0 aromatic carbocycles. The Bertz CT molecular complexity index is 949. The van der Waals surface area contributed by atoms with Crippen LogP contribution in [-0.2, 0) is 33.3 Å². The van der Waals surface area contributed by atoms with Crippen molar-refractivity contribution in [1.82, 2.24) is 0 Å². The van der Waals surface area contributed by atoms with Gasteiger partial charge in [-0.25, -0.2) is 0 Å². The van der Waals surface area contributed by atoms with Crippen molar-refractivity contribution in [2.45, 2.75) is 88.1 Å². The number of hydrogen-bond acceptors (Lipinski definition) is 9. The van der Waals surface area contributed by atoms with E-state index in [1.807, 2.05) is 0 Å². The Morgan fingerprint density at radius 1 is 1.18 bits per heavy atom. The lowest BCUT2D eigenvalue weighted by Crippen LogP contribution is -2.74. The highest BCUT2D eigenvalue weighted by molar-refractivity contribution is 6.23. The molecule has 4 rings (SSSR count). The smallest absolute Gasteiger partial charge is 0.312 e. The zero-order chi connectivity index (χ0) is 25.3. The maximum atomic E-state index is 12.9. The van der Waals surface area contributed by atoms with Gasteiger partial charge in [-0.2, -0.15) is 0 Å². The number of halogens is 1. The van der Waals surface area contributed by atoms with Crippen LogP contribution >= 0.6 is 11.6 Å². The van der Waals surface area contributed by atoms with E-state index in [0.717, 1.165) is 0 Å². The number of fused-ring (bicyclic) bond motifs is 2. The molecule has 10 heteroatoms. The SMILES string of the molecule is C=C1CC[C@H](OC(C)=O)[C@@]2(C)[C@H]1[C@@H](OC(C)=O)[C@@]13O[C@@H](C(=C)[C@H](Cl)[C@@H]1OC(=O)[C@@H]3C)[C@@H](O)[C@@H]2O. The molecule has 9 nitrogen and oxygen atoms in total. The van der Waals surface area contributed by atoms with Gasteiger partial charge in [0.25, 0.3) is 0 Å². The summed E-state index contributed by atoms with van der Waals surface area (Å²) in [5, 5.41) is 22.0. The third kappa shape index (κ3) is 3.27. The summed E-state index contributed by atoms with van der Waals surface area (Å²) in [5.41, 5.74) is -2.14. The van der Waals surface area contributed by atoms with Crippen LogP contribution in [0.15, 0.2) is 24.3 Å². The van der Waals surface area contributed by atoms with Crippen LogP contribution < -0.4 is 0 Å². The fourth-order valence-electron chi connectivity index (χ4n) is 6.48. The number of esters is 3. The van der Waals surface area contributed by atoms with Crippen molar-refractivity contribution < 1.29 is 43.5 Å². The predicted molar refractivity (Wildman–Crippen MR) is 119 cm³/mol. The summed E-state index contributed by atoms with van der Waals surface area (Å²) in [5.74, 6) is -3.62. The number of hydrogen-bond donors (Lipinski definition) is 2. The molecule has 0 amide bonds. The van der Waals surface area contributed by atoms with Gasteiger partial charge in [0.2, 0.25) is 0 Å². The Morgan fingerprint density at radius 3 is 2.38 bits per heavy atom. The third-order valence-electron chi connectivity index (χ3n) is 8.19. The molecule has 0 unspecified atom stereocenters. The minimum absolute atomic E-state index is 0.220. The largest absolute Gasteiger partial charge is 0.462 e. The Labute approximate surface area is 203 Å². The first kappa shape index (κ1) is 25.2. The first-order chi connectivity index (χ1) is 15.8. The Balaban J connectivity index is 2.01. The molecule has 1 aliphatic carbocycles. The van der Waals surface area contributed by atoms with Gasteiger partial charge in [-0.05, 0) is 25.3 Å². The highest BCUT2D eigenvalue weighted by atomic mass is 35.5. The first-order valence-corrected chi connectivity index (χ1v) is 11.8. The molecule has 1 spiro atoms. The Morgan fingerprint density at radius 2 is 1.79 bits per heavy atom. The van der Waals surface area contributed by atoms with E-state index in [-0.39, 0.29) is 5.57 Å². The van der Waals surface area contributed by atoms with E-state index in [0.29, 0.717) is 18.4 Å². The fraction of sp³-hybridized carbons (Fsp3) is 0.708. The molecule has 4 fully saturated rings. The van der Waals surface area contributed by atoms with Gasteiger partial charge in [0.05, 0.1) is 17.4 Å². The van der Waals surface area contributed by atoms with E-state index in [2.05, 4.69) is 13.2 Å². The van der Waals surface area contributed by atoms with Crippen molar-refractivity contribution in [2.24, 2.45) is 17.3 Å². The van der Waals surface area contributed by atoms with Crippen molar-refractivity contribution in [2.75, 3.05) is 0 Å². The monoisotopic (exact) mass is 498 g/mol. The lowest BCUT2D eigenvalue weighted by molar-refractivity contribution is -0.290. The van der Waals surface area contributed by atoms with Crippen LogP contribution in [0.5, 0.6) is 0 Å². The molecule has 3 saturated heterocycles. The second-order valence-electron chi connectivity index (χ2n) is 10.1. The number of alkyl halides is 1. The molecule has 3 heterocycles. The zero-order valence-electron chi connectivity index (χ0n) is 19.7. The van der Waals surface area contributed by atoms with Crippen LogP contribution in [-0.4, -0.2) is 75.7 Å². The number of carbonyl (C=O) groups excluding carboxylic acids is 3. The maximum absolute atomic E-state index is 12.9. The molecule has 2 bridgehead atoms. The van der Waals surface area contributed by atoms with Crippen molar-refractivity contribution in [3.63, 3.8) is 0 Å². The molecule has 0 radical (unpaired) electrons. The third-order valence-corrected chi connectivity index (χ3v) is 8.69. The predicted octanol–water partition coefficient (Wildman–Crippen LogP) is 1.42. The Kier molecular flexibility index (Phi) is 6.16. The van der Waals surface area contributed by atoms with E-state index >= 15 is 0 Å². The quantitative estimate of drug-likeness (QED) is 0.251. The van der Waals surface area contributed by atoms with E-state index in [4.69, 9.17) is 30.5 Å². The van der Waals surface area contributed by atoms with E-state index in [1.165, 1.54) is 13.8 Å². The number of ether oxygens (including phenoxy) is 4. The van der Waals surface area contributed by atoms with E-state index in [9.17, 15) is 24.6 Å². The van der Waals surface area contributed by atoms with Gasteiger partial charge in [-0.15, -0.1) is 11.6 Å². The van der Waals surface area contributed by atoms with Crippen LogP contribution in [0.25, 0.3) is 0 Å². The van der Waals surface area contributed by atoms with Gasteiger partial charge in [0.15, 0.2) is 11.7 Å². The van der Waals surface area contributed by atoms with Crippen molar-refractivity contribution >= 4 is 29.5 Å². The summed E-state index contributed by atoms with van der Waals surface area (Å²) in [6.45, 7) is 13.9. The van der Waals surface area contributed by atoms with Gasteiger partial charge in [-0.1, -0.05) is 25.7 Å². The lowest BCUT2D eigenvalue weighted by atomic mass is 9.53. The van der Waals surface area contributed by atoms with Gasteiger partial charge >= 0.3 is 17.9 Å². The molecule has 2 N–H and O–H groups in total. The first-order valence-electron chi connectivity index (χ1n) is 11.4. The minimum Gasteiger partial charge on any atom is -0.462 e. The highest BCUT2D eigenvalue weighted by Crippen LogP contribution is 2.60. The average Bonchev–Trinajstić information content (AvgIpc) is 3.01. The summed E-state index contributed by atoms with van der Waals surface area (Å²) in [6.07, 6.45) is -6.62. The summed E-state index contributed by atoms with van der Waals surface area (Å²) in [7, 11) is 0. The zero-order valence-corrected chi connectivity index (χ0v) is 20.4. The van der Waals surface area contributed by atoms with Crippen molar-refractivity contribution in [3.8, 4) is 0 Å². The standard InChI is InChI=1S/C24H31ClO9/c1-9-7-8-14(31-12(4)26)23(6)15(9)20(32-13(5)27)24-11(3)22(30)33-21(24)16(25)10(2)18(34-24)17(28)19(23)29/h11,14-21,28-29H,1-2,7-8H2,3-6H3/t11-,14-,15+,16-,17+,18-,19-,20+,21-,23-,24+/m0/s1. The van der Waals surface area contributed by atoms with E-state index in [1.54, 1.807) is 13.8 Å². The summed E-state index contributed by atoms with van der Waals surface area (Å²) in [4.78, 5) is 37.2. The summed E-state index contributed by atoms with van der Waals surface area (Å²) < 4.78 is 23.5. The summed E-state index contributed by atoms with van der Waals surface area (Å²) >= 11 is 6.70. The minimum atomic E-state index is -1.60. The molecule has 3 aliphatic heterocycles. The Hall–Kier alpha value is -1.94. The average molecular weight is 499 g/mol. The normalized spacial score (nSPS) is 48.1. The molecule has 0 aromatic rings. The van der Waals surface area contributed by atoms with Crippen molar-refractivity contribution in [1.29, 1.82) is 0 Å². The lowest BCUT2D eigenvalue weighted by Gasteiger charge is -2.61. The topological polar surface area (TPSA) is 129 Å². The molecule has 34 heavy (non-hydrogen) atoms. The number of aliphatic hydroxyl groups is 2. The molecule has 188 valence electrons. The molecule has 11 atom stereocenters.